The second kappa shape index (κ2) is 7.81. The number of imidazole rings is 1. The van der Waals surface area contributed by atoms with Crippen LogP contribution in [-0.4, -0.2) is 15.5 Å². The Kier molecular flexibility index (Phi) is 5.31. The average Bonchev–Trinajstić information content (AvgIpc) is 3.05. The zero-order valence-electron chi connectivity index (χ0n) is 13.8. The van der Waals surface area contributed by atoms with Crippen molar-refractivity contribution in [2.75, 3.05) is 0 Å². The van der Waals surface area contributed by atoms with Crippen molar-refractivity contribution in [1.82, 2.24) is 14.9 Å². The first-order valence-electron chi connectivity index (χ1n) is 7.90. The van der Waals surface area contributed by atoms with Gasteiger partial charge < -0.3 is 9.88 Å². The topological polar surface area (TPSA) is 46.9 Å². The lowest BCUT2D eigenvalue weighted by Gasteiger charge is -2.18. The molecule has 1 atom stereocenters. The highest BCUT2D eigenvalue weighted by Crippen LogP contribution is 2.22. The van der Waals surface area contributed by atoms with E-state index in [0.717, 1.165) is 17.0 Å². The second-order valence-corrected chi connectivity index (χ2v) is 6.07. The van der Waals surface area contributed by atoms with Gasteiger partial charge in [-0.05, 0) is 29.3 Å². The Balaban J connectivity index is 1.83. The summed E-state index contributed by atoms with van der Waals surface area (Å²) in [4.78, 5) is 16.8. The van der Waals surface area contributed by atoms with Crippen molar-refractivity contribution in [1.29, 1.82) is 0 Å². The monoisotopic (exact) mass is 351 g/mol. The lowest BCUT2D eigenvalue weighted by molar-refractivity contribution is -0.117. The number of benzene rings is 2. The minimum absolute atomic E-state index is 0.188. The third-order valence-corrected chi connectivity index (χ3v) is 4.09. The van der Waals surface area contributed by atoms with E-state index in [1.807, 2.05) is 60.3 Å². The van der Waals surface area contributed by atoms with Crippen molar-refractivity contribution in [3.05, 3.63) is 95.0 Å². The van der Waals surface area contributed by atoms with E-state index in [1.54, 1.807) is 24.4 Å². The maximum absolute atomic E-state index is 12.4. The number of hydrogen-bond donors (Lipinski definition) is 1. The Morgan fingerprint density at radius 2 is 1.88 bits per heavy atom. The standard InChI is InChI=1S/C20H18ClN3O/c1-24-14-13-22-20(24)19(16-8-10-17(21)11-9-16)23-18(25)12-7-15-5-3-2-4-6-15/h2-14,19H,1H3,(H,23,25)/b12-7+/t19-/m0/s1. The molecular weight excluding hydrogens is 334 g/mol. The zero-order chi connectivity index (χ0) is 17.6. The number of halogens is 1. The molecular formula is C20H18ClN3O. The van der Waals surface area contributed by atoms with Gasteiger partial charge in [0.2, 0.25) is 5.91 Å². The van der Waals surface area contributed by atoms with Gasteiger partial charge in [0.1, 0.15) is 11.9 Å². The second-order valence-electron chi connectivity index (χ2n) is 5.63. The number of carbonyl (C=O) groups excluding carboxylic acids is 1. The van der Waals surface area contributed by atoms with E-state index in [4.69, 9.17) is 11.6 Å². The molecule has 4 nitrogen and oxygen atoms in total. The number of nitrogens with zero attached hydrogens (tertiary/aromatic N) is 2. The van der Waals surface area contributed by atoms with Gasteiger partial charge in [0.05, 0.1) is 0 Å². The molecule has 2 aromatic carbocycles. The minimum atomic E-state index is -0.356. The fraction of sp³-hybridized carbons (Fsp3) is 0.100. The van der Waals surface area contributed by atoms with Gasteiger partial charge >= 0.3 is 0 Å². The summed E-state index contributed by atoms with van der Waals surface area (Å²) in [6.45, 7) is 0. The van der Waals surface area contributed by atoms with Crippen LogP contribution < -0.4 is 5.32 Å². The van der Waals surface area contributed by atoms with E-state index < -0.39 is 0 Å². The van der Waals surface area contributed by atoms with Gasteiger partial charge in [0.15, 0.2) is 0 Å². The van der Waals surface area contributed by atoms with Gasteiger partial charge in [-0.3, -0.25) is 4.79 Å². The summed E-state index contributed by atoms with van der Waals surface area (Å²) in [5, 5.41) is 3.66. The van der Waals surface area contributed by atoms with E-state index in [2.05, 4.69) is 10.3 Å². The SMILES string of the molecule is Cn1ccnc1[C@@H](NC(=O)/C=C/c1ccccc1)c1ccc(Cl)cc1. The molecule has 126 valence electrons. The Labute approximate surface area is 151 Å². The molecule has 0 aliphatic heterocycles. The predicted octanol–water partition coefficient (Wildman–Crippen LogP) is 3.99. The number of nitrogens with one attached hydrogen (secondary N) is 1. The first-order chi connectivity index (χ1) is 12.1. The van der Waals surface area contributed by atoms with Crippen LogP contribution in [0.5, 0.6) is 0 Å². The molecule has 3 rings (SSSR count). The van der Waals surface area contributed by atoms with Crippen molar-refractivity contribution >= 4 is 23.6 Å². The van der Waals surface area contributed by atoms with Gasteiger partial charge in [-0.2, -0.15) is 0 Å². The van der Waals surface area contributed by atoms with Crippen LogP contribution in [-0.2, 0) is 11.8 Å². The lowest BCUT2D eigenvalue weighted by Crippen LogP contribution is -2.29. The van der Waals surface area contributed by atoms with Crippen LogP contribution in [0, 0.1) is 0 Å². The highest BCUT2D eigenvalue weighted by atomic mass is 35.5. The highest BCUT2D eigenvalue weighted by Gasteiger charge is 2.19. The van der Waals surface area contributed by atoms with Gasteiger partial charge in [-0.15, -0.1) is 0 Å². The van der Waals surface area contributed by atoms with Crippen LogP contribution in [0.1, 0.15) is 23.0 Å². The smallest absolute Gasteiger partial charge is 0.244 e. The summed E-state index contributed by atoms with van der Waals surface area (Å²) in [5.74, 6) is 0.565. The van der Waals surface area contributed by atoms with E-state index >= 15 is 0 Å². The van der Waals surface area contributed by atoms with Crippen LogP contribution in [0.3, 0.4) is 0 Å². The summed E-state index contributed by atoms with van der Waals surface area (Å²) >= 11 is 5.98. The Morgan fingerprint density at radius 3 is 2.52 bits per heavy atom. The van der Waals surface area contributed by atoms with Crippen LogP contribution in [0.15, 0.2) is 73.1 Å². The fourth-order valence-electron chi connectivity index (χ4n) is 2.53. The van der Waals surface area contributed by atoms with Crippen molar-refractivity contribution in [2.24, 2.45) is 7.05 Å². The van der Waals surface area contributed by atoms with E-state index in [1.165, 1.54) is 6.08 Å². The quantitative estimate of drug-likeness (QED) is 0.706. The molecule has 0 spiro atoms. The summed E-state index contributed by atoms with van der Waals surface area (Å²) in [5.41, 5.74) is 1.89. The van der Waals surface area contributed by atoms with Gasteiger partial charge in [-0.25, -0.2) is 4.98 Å². The third-order valence-electron chi connectivity index (χ3n) is 3.83. The molecule has 0 bridgehead atoms. The predicted molar refractivity (Wildman–Crippen MR) is 100 cm³/mol. The molecule has 0 radical (unpaired) electrons. The number of hydrogen-bond acceptors (Lipinski definition) is 2. The first-order valence-corrected chi connectivity index (χ1v) is 8.27. The van der Waals surface area contributed by atoms with Crippen molar-refractivity contribution in [2.45, 2.75) is 6.04 Å². The molecule has 1 N–H and O–H groups in total. The number of rotatable bonds is 5. The largest absolute Gasteiger partial charge is 0.339 e. The fourth-order valence-corrected chi connectivity index (χ4v) is 2.66. The Bertz CT molecular complexity index is 869. The normalized spacial score (nSPS) is 12.2. The van der Waals surface area contributed by atoms with E-state index in [9.17, 15) is 4.79 Å². The molecule has 1 aromatic heterocycles. The van der Waals surface area contributed by atoms with Gasteiger partial charge in [0.25, 0.3) is 0 Å². The molecule has 0 aliphatic rings. The molecule has 0 fully saturated rings. The van der Waals surface area contributed by atoms with Gasteiger partial charge in [-0.1, -0.05) is 54.1 Å². The van der Waals surface area contributed by atoms with E-state index in [0.29, 0.717) is 5.02 Å². The number of aryl methyl sites for hydroxylation is 1. The number of carbonyl (C=O) groups is 1. The maximum Gasteiger partial charge on any atom is 0.244 e. The zero-order valence-corrected chi connectivity index (χ0v) is 14.5. The minimum Gasteiger partial charge on any atom is -0.339 e. The molecule has 0 unspecified atom stereocenters. The van der Waals surface area contributed by atoms with Crippen LogP contribution >= 0.6 is 11.6 Å². The molecule has 0 saturated heterocycles. The van der Waals surface area contributed by atoms with Crippen LogP contribution in [0.25, 0.3) is 6.08 Å². The van der Waals surface area contributed by atoms with Crippen molar-refractivity contribution in [3.8, 4) is 0 Å². The lowest BCUT2D eigenvalue weighted by atomic mass is 10.1. The average molecular weight is 352 g/mol. The van der Waals surface area contributed by atoms with Crippen molar-refractivity contribution < 1.29 is 4.79 Å². The highest BCUT2D eigenvalue weighted by molar-refractivity contribution is 6.30. The number of amides is 1. The summed E-state index contributed by atoms with van der Waals surface area (Å²) in [7, 11) is 1.90. The van der Waals surface area contributed by atoms with Crippen LogP contribution in [0.2, 0.25) is 5.02 Å². The Morgan fingerprint density at radius 1 is 1.16 bits per heavy atom. The molecule has 0 saturated carbocycles. The molecule has 25 heavy (non-hydrogen) atoms. The van der Waals surface area contributed by atoms with E-state index in [-0.39, 0.29) is 11.9 Å². The molecule has 0 aliphatic carbocycles. The van der Waals surface area contributed by atoms with Crippen LogP contribution in [0.4, 0.5) is 0 Å². The Hall–Kier alpha value is -2.85. The molecule has 1 heterocycles. The number of aromatic nitrogens is 2. The molecule has 1 amide bonds. The first kappa shape index (κ1) is 17.0. The molecule has 5 heteroatoms. The summed E-state index contributed by atoms with van der Waals surface area (Å²) in [6, 6.07) is 16.7. The van der Waals surface area contributed by atoms with Crippen molar-refractivity contribution in [3.63, 3.8) is 0 Å². The van der Waals surface area contributed by atoms with Gasteiger partial charge in [0, 0.05) is 30.5 Å². The maximum atomic E-state index is 12.4. The summed E-state index contributed by atoms with van der Waals surface area (Å²) in [6.07, 6.45) is 6.88. The molecule has 3 aromatic rings. The summed E-state index contributed by atoms with van der Waals surface area (Å²) < 4.78 is 1.89. The third kappa shape index (κ3) is 4.37.